The Morgan fingerprint density at radius 3 is 2.57 bits per heavy atom. The molecule has 0 radical (unpaired) electrons. The molecule has 1 atom stereocenters. The molecule has 0 aliphatic heterocycles. The molecule has 0 spiro atoms. The summed E-state index contributed by atoms with van der Waals surface area (Å²) < 4.78 is 12.6. The molecule has 0 bridgehead atoms. The molecule has 21 heavy (non-hydrogen) atoms. The first kappa shape index (κ1) is 15.4. The lowest BCUT2D eigenvalue weighted by molar-refractivity contribution is 0.354. The molecule has 2 rings (SSSR count). The van der Waals surface area contributed by atoms with Crippen LogP contribution < -0.4 is 14.8 Å². The highest BCUT2D eigenvalue weighted by Gasteiger charge is 2.14. The maximum Gasteiger partial charge on any atom is 0.161 e. The van der Waals surface area contributed by atoms with Gasteiger partial charge in [0, 0.05) is 18.8 Å². The minimum Gasteiger partial charge on any atom is -0.493 e. The number of ether oxygens (including phenoxy) is 2. The smallest absolute Gasteiger partial charge is 0.161 e. The number of hydrogen-bond acceptors (Lipinski definition) is 4. The molecule has 0 amide bonds. The molecular weight excluding hydrogens is 266 g/mol. The molecule has 2 aromatic rings. The van der Waals surface area contributed by atoms with Crippen LogP contribution in [0.15, 0.2) is 30.6 Å². The van der Waals surface area contributed by atoms with E-state index < -0.39 is 0 Å². The van der Waals surface area contributed by atoms with Crippen LogP contribution in [0.25, 0.3) is 0 Å². The van der Waals surface area contributed by atoms with E-state index in [-0.39, 0.29) is 6.04 Å². The van der Waals surface area contributed by atoms with Gasteiger partial charge in [-0.2, -0.15) is 5.10 Å². The zero-order valence-corrected chi connectivity index (χ0v) is 13.1. The third-order valence-corrected chi connectivity index (χ3v) is 3.61. The molecular formula is C16H23N3O2. The van der Waals surface area contributed by atoms with Gasteiger partial charge in [0.25, 0.3) is 0 Å². The fraction of sp³-hybridized carbons (Fsp3) is 0.438. The van der Waals surface area contributed by atoms with Crippen LogP contribution in [0.5, 0.6) is 11.5 Å². The number of nitrogens with one attached hydrogen (secondary N) is 1. The van der Waals surface area contributed by atoms with Gasteiger partial charge in [-0.3, -0.25) is 4.68 Å². The van der Waals surface area contributed by atoms with Crippen molar-refractivity contribution in [2.75, 3.05) is 21.3 Å². The second-order valence-corrected chi connectivity index (χ2v) is 4.86. The zero-order valence-electron chi connectivity index (χ0n) is 13.1. The van der Waals surface area contributed by atoms with Crippen LogP contribution in [0.2, 0.25) is 0 Å². The average molecular weight is 289 g/mol. The third kappa shape index (κ3) is 3.55. The Morgan fingerprint density at radius 2 is 2.00 bits per heavy atom. The number of aryl methyl sites for hydroxylation is 1. The third-order valence-electron chi connectivity index (χ3n) is 3.61. The number of benzene rings is 1. The van der Waals surface area contributed by atoms with Gasteiger partial charge in [0.2, 0.25) is 0 Å². The minimum absolute atomic E-state index is 0.208. The zero-order chi connectivity index (χ0) is 15.2. The molecule has 5 heteroatoms. The summed E-state index contributed by atoms with van der Waals surface area (Å²) in [5.41, 5.74) is 2.38. The molecule has 0 saturated carbocycles. The number of rotatable bonds is 7. The summed E-state index contributed by atoms with van der Waals surface area (Å²) >= 11 is 0. The van der Waals surface area contributed by atoms with Crippen LogP contribution in [0.4, 0.5) is 0 Å². The maximum atomic E-state index is 5.37. The van der Waals surface area contributed by atoms with Gasteiger partial charge in [0.05, 0.1) is 20.4 Å². The van der Waals surface area contributed by atoms with E-state index >= 15 is 0 Å². The standard InChI is InChI=1S/C16H23N3O2/c1-5-19-11-12(10-18-19)8-14(17-2)13-6-7-15(20-3)16(9-13)21-4/h6-7,9-11,14,17H,5,8H2,1-4H3. The molecule has 1 heterocycles. The van der Waals surface area contributed by atoms with E-state index in [1.54, 1.807) is 14.2 Å². The Balaban J connectivity index is 2.20. The lowest BCUT2D eigenvalue weighted by Crippen LogP contribution is -2.18. The van der Waals surface area contributed by atoms with E-state index in [2.05, 4.69) is 29.6 Å². The Hall–Kier alpha value is -2.01. The Morgan fingerprint density at radius 1 is 1.24 bits per heavy atom. The second-order valence-electron chi connectivity index (χ2n) is 4.86. The van der Waals surface area contributed by atoms with E-state index in [0.29, 0.717) is 0 Å². The van der Waals surface area contributed by atoms with E-state index in [1.807, 2.05) is 30.1 Å². The molecule has 1 aromatic carbocycles. The van der Waals surface area contributed by atoms with Crippen molar-refractivity contribution in [3.63, 3.8) is 0 Å². The first-order valence-electron chi connectivity index (χ1n) is 7.12. The van der Waals surface area contributed by atoms with Crippen molar-refractivity contribution in [1.82, 2.24) is 15.1 Å². The largest absolute Gasteiger partial charge is 0.493 e. The molecule has 1 aromatic heterocycles. The van der Waals surface area contributed by atoms with Crippen molar-refractivity contribution in [1.29, 1.82) is 0 Å². The van der Waals surface area contributed by atoms with E-state index in [9.17, 15) is 0 Å². The topological polar surface area (TPSA) is 48.3 Å². The lowest BCUT2D eigenvalue weighted by Gasteiger charge is -2.18. The number of aromatic nitrogens is 2. The maximum absolute atomic E-state index is 5.37. The van der Waals surface area contributed by atoms with Gasteiger partial charge in [0.15, 0.2) is 11.5 Å². The van der Waals surface area contributed by atoms with Crippen molar-refractivity contribution < 1.29 is 9.47 Å². The van der Waals surface area contributed by atoms with Crippen molar-refractivity contribution >= 4 is 0 Å². The summed E-state index contributed by atoms with van der Waals surface area (Å²) in [4.78, 5) is 0. The van der Waals surface area contributed by atoms with Crippen LogP contribution in [-0.2, 0) is 13.0 Å². The van der Waals surface area contributed by atoms with Gasteiger partial charge >= 0.3 is 0 Å². The normalized spacial score (nSPS) is 12.2. The Kier molecular flexibility index (Phi) is 5.22. The van der Waals surface area contributed by atoms with Crippen molar-refractivity contribution in [3.05, 3.63) is 41.7 Å². The predicted octanol–water partition coefficient (Wildman–Crippen LogP) is 2.42. The number of likely N-dealkylation sites (N-methyl/N-ethyl adjacent to an activating group) is 1. The van der Waals surface area contributed by atoms with Crippen LogP contribution in [0.3, 0.4) is 0 Å². The Bertz CT molecular complexity index is 581. The first-order chi connectivity index (χ1) is 10.2. The number of nitrogens with zero attached hydrogens (tertiary/aromatic N) is 2. The molecule has 1 unspecified atom stereocenters. The number of methoxy groups -OCH3 is 2. The second kappa shape index (κ2) is 7.13. The average Bonchev–Trinajstić information content (AvgIpc) is 2.99. The van der Waals surface area contributed by atoms with E-state index in [1.165, 1.54) is 11.1 Å². The molecule has 114 valence electrons. The summed E-state index contributed by atoms with van der Waals surface area (Å²) in [5, 5.41) is 7.67. The summed E-state index contributed by atoms with van der Waals surface area (Å²) in [6.45, 7) is 2.97. The van der Waals surface area contributed by atoms with Gasteiger partial charge in [-0.25, -0.2) is 0 Å². The lowest BCUT2D eigenvalue weighted by atomic mass is 10.0. The molecule has 0 saturated heterocycles. The quantitative estimate of drug-likeness (QED) is 0.850. The molecule has 0 aliphatic rings. The van der Waals surface area contributed by atoms with Crippen LogP contribution >= 0.6 is 0 Å². The van der Waals surface area contributed by atoms with Crippen LogP contribution in [0.1, 0.15) is 24.1 Å². The molecule has 0 aliphatic carbocycles. The predicted molar refractivity (Wildman–Crippen MR) is 83.0 cm³/mol. The summed E-state index contributed by atoms with van der Waals surface area (Å²) in [7, 11) is 5.26. The fourth-order valence-corrected chi connectivity index (χ4v) is 2.38. The SMILES string of the molecule is CCn1cc(CC(NC)c2ccc(OC)c(OC)c2)cn1. The number of hydrogen-bond donors (Lipinski definition) is 1. The van der Waals surface area contributed by atoms with Gasteiger partial charge in [-0.1, -0.05) is 6.07 Å². The summed E-state index contributed by atoms with van der Waals surface area (Å²) in [6, 6.07) is 6.23. The van der Waals surface area contributed by atoms with Crippen molar-refractivity contribution in [3.8, 4) is 11.5 Å². The van der Waals surface area contributed by atoms with Crippen LogP contribution in [-0.4, -0.2) is 31.0 Å². The van der Waals surface area contributed by atoms with Gasteiger partial charge in [-0.15, -0.1) is 0 Å². The summed E-state index contributed by atoms with van der Waals surface area (Å²) in [5.74, 6) is 1.49. The van der Waals surface area contributed by atoms with Crippen molar-refractivity contribution in [2.45, 2.75) is 25.9 Å². The van der Waals surface area contributed by atoms with Gasteiger partial charge in [0.1, 0.15) is 0 Å². The molecule has 5 nitrogen and oxygen atoms in total. The molecule has 1 N–H and O–H groups in total. The van der Waals surface area contributed by atoms with E-state index in [0.717, 1.165) is 24.5 Å². The fourth-order valence-electron chi connectivity index (χ4n) is 2.38. The minimum atomic E-state index is 0.208. The monoisotopic (exact) mass is 289 g/mol. The van der Waals surface area contributed by atoms with Gasteiger partial charge < -0.3 is 14.8 Å². The van der Waals surface area contributed by atoms with Crippen molar-refractivity contribution in [2.24, 2.45) is 0 Å². The van der Waals surface area contributed by atoms with E-state index in [4.69, 9.17) is 9.47 Å². The summed E-state index contributed by atoms with van der Waals surface area (Å²) in [6.07, 6.45) is 4.89. The first-order valence-corrected chi connectivity index (χ1v) is 7.12. The molecule has 0 fully saturated rings. The highest BCUT2D eigenvalue weighted by molar-refractivity contribution is 5.44. The highest BCUT2D eigenvalue weighted by atomic mass is 16.5. The highest BCUT2D eigenvalue weighted by Crippen LogP contribution is 2.30. The Labute approximate surface area is 125 Å². The van der Waals surface area contributed by atoms with Crippen LogP contribution in [0, 0.1) is 0 Å². The van der Waals surface area contributed by atoms with Gasteiger partial charge in [-0.05, 0) is 43.7 Å².